The van der Waals surface area contributed by atoms with Crippen LogP contribution in [-0.2, 0) is 23.0 Å². The molecular formula is C14H17N3O4S. The lowest BCUT2D eigenvalue weighted by molar-refractivity contribution is 0.353. The minimum atomic E-state index is -3.59. The Bertz CT molecular complexity index is 785. The molecule has 1 aliphatic rings. The second kappa shape index (κ2) is 5.62. The molecule has 0 amide bonds. The van der Waals surface area contributed by atoms with Gasteiger partial charge >= 0.3 is 0 Å². The van der Waals surface area contributed by atoms with Gasteiger partial charge in [0, 0.05) is 19.0 Å². The number of fused-ring (bicyclic) bond motifs is 1. The Morgan fingerprint density at radius 3 is 2.73 bits per heavy atom. The highest BCUT2D eigenvalue weighted by Crippen LogP contribution is 2.31. The zero-order valence-electron chi connectivity index (χ0n) is 12.4. The first-order chi connectivity index (χ1) is 10.6. The van der Waals surface area contributed by atoms with Gasteiger partial charge in [-0.05, 0) is 12.1 Å². The van der Waals surface area contributed by atoms with Crippen molar-refractivity contribution in [2.45, 2.75) is 17.9 Å². The Morgan fingerprint density at radius 1 is 1.23 bits per heavy atom. The number of nitrogens with one attached hydrogen (secondary N) is 1. The number of sulfonamides is 1. The van der Waals surface area contributed by atoms with E-state index in [4.69, 9.17) is 9.47 Å². The van der Waals surface area contributed by atoms with E-state index < -0.39 is 10.0 Å². The van der Waals surface area contributed by atoms with Crippen LogP contribution in [0.4, 0.5) is 0 Å². The summed E-state index contributed by atoms with van der Waals surface area (Å²) in [5, 5.41) is 0. The third-order valence-electron chi connectivity index (χ3n) is 3.73. The van der Waals surface area contributed by atoms with E-state index in [0.717, 1.165) is 11.4 Å². The van der Waals surface area contributed by atoms with Crippen molar-refractivity contribution in [3.8, 4) is 11.5 Å². The quantitative estimate of drug-likeness (QED) is 0.913. The highest BCUT2D eigenvalue weighted by atomic mass is 32.2. The van der Waals surface area contributed by atoms with Crippen LogP contribution in [0.2, 0.25) is 0 Å². The number of rotatable bonds is 4. The average molecular weight is 323 g/mol. The number of imidazole rings is 1. The second-order valence-electron chi connectivity index (χ2n) is 4.93. The SMILES string of the molecule is COc1ccc(S(=O)(=O)N2CCc3nc[nH]c3C2)cc1OC. The largest absolute Gasteiger partial charge is 0.493 e. The number of hydrogen-bond donors (Lipinski definition) is 1. The molecular weight excluding hydrogens is 306 g/mol. The Hall–Kier alpha value is -2.06. The summed E-state index contributed by atoms with van der Waals surface area (Å²) in [6, 6.07) is 4.60. The van der Waals surface area contributed by atoms with Crippen molar-refractivity contribution in [1.82, 2.24) is 14.3 Å². The molecule has 0 fully saturated rings. The monoisotopic (exact) mass is 323 g/mol. The standard InChI is InChI=1S/C14H17N3O4S/c1-20-13-4-3-10(7-14(13)21-2)22(18,19)17-6-5-11-12(8-17)16-9-15-11/h3-4,7,9H,5-6,8H2,1-2H3,(H,15,16). The molecule has 1 N–H and O–H groups in total. The minimum absolute atomic E-state index is 0.188. The van der Waals surface area contributed by atoms with Crippen LogP contribution in [0, 0.1) is 0 Å². The maximum absolute atomic E-state index is 12.8. The van der Waals surface area contributed by atoms with E-state index >= 15 is 0 Å². The van der Waals surface area contributed by atoms with Crippen molar-refractivity contribution in [1.29, 1.82) is 0 Å². The van der Waals surface area contributed by atoms with Crippen molar-refractivity contribution in [2.75, 3.05) is 20.8 Å². The fourth-order valence-electron chi connectivity index (χ4n) is 2.52. The molecule has 1 aliphatic heterocycles. The predicted molar refractivity (Wildman–Crippen MR) is 79.4 cm³/mol. The van der Waals surface area contributed by atoms with Crippen molar-refractivity contribution in [3.63, 3.8) is 0 Å². The molecule has 2 heterocycles. The fourth-order valence-corrected chi connectivity index (χ4v) is 3.94. The first-order valence-corrected chi connectivity index (χ1v) is 8.23. The lowest BCUT2D eigenvalue weighted by atomic mass is 10.2. The second-order valence-corrected chi connectivity index (χ2v) is 6.87. The number of nitrogens with zero attached hydrogens (tertiary/aromatic N) is 2. The number of methoxy groups -OCH3 is 2. The van der Waals surface area contributed by atoms with Gasteiger partial charge < -0.3 is 14.5 Å². The third kappa shape index (κ3) is 2.44. The molecule has 0 unspecified atom stereocenters. The maximum Gasteiger partial charge on any atom is 0.243 e. The van der Waals surface area contributed by atoms with Gasteiger partial charge in [0.1, 0.15) is 0 Å². The van der Waals surface area contributed by atoms with Crippen LogP contribution < -0.4 is 9.47 Å². The molecule has 2 aromatic rings. The Balaban J connectivity index is 1.94. The molecule has 22 heavy (non-hydrogen) atoms. The van der Waals surface area contributed by atoms with E-state index in [1.807, 2.05) is 0 Å². The van der Waals surface area contributed by atoms with Crippen LogP contribution in [0.3, 0.4) is 0 Å². The zero-order valence-corrected chi connectivity index (χ0v) is 13.2. The van der Waals surface area contributed by atoms with Gasteiger partial charge in [-0.25, -0.2) is 13.4 Å². The summed E-state index contributed by atoms with van der Waals surface area (Å²) in [6.07, 6.45) is 2.20. The summed E-state index contributed by atoms with van der Waals surface area (Å²) in [4.78, 5) is 7.36. The molecule has 0 spiro atoms. The van der Waals surface area contributed by atoms with Crippen molar-refractivity contribution < 1.29 is 17.9 Å². The van der Waals surface area contributed by atoms with Crippen LogP contribution in [-0.4, -0.2) is 43.5 Å². The van der Waals surface area contributed by atoms with Crippen molar-refractivity contribution in [2.24, 2.45) is 0 Å². The van der Waals surface area contributed by atoms with Crippen LogP contribution in [0.15, 0.2) is 29.4 Å². The molecule has 1 aromatic heterocycles. The fraction of sp³-hybridized carbons (Fsp3) is 0.357. The lowest BCUT2D eigenvalue weighted by Crippen LogP contribution is -2.36. The normalized spacial score (nSPS) is 15.4. The predicted octanol–water partition coefficient (Wildman–Crippen LogP) is 1.17. The van der Waals surface area contributed by atoms with Gasteiger partial charge in [-0.3, -0.25) is 0 Å². The number of ether oxygens (including phenoxy) is 2. The van der Waals surface area contributed by atoms with Gasteiger partial charge in [0.25, 0.3) is 0 Å². The third-order valence-corrected chi connectivity index (χ3v) is 5.57. The van der Waals surface area contributed by atoms with Gasteiger partial charge in [-0.15, -0.1) is 0 Å². The van der Waals surface area contributed by atoms with E-state index in [-0.39, 0.29) is 4.90 Å². The van der Waals surface area contributed by atoms with E-state index in [1.165, 1.54) is 30.7 Å². The average Bonchev–Trinajstić information content (AvgIpc) is 3.01. The van der Waals surface area contributed by atoms with Crippen LogP contribution in [0.1, 0.15) is 11.4 Å². The lowest BCUT2D eigenvalue weighted by Gasteiger charge is -2.25. The first-order valence-electron chi connectivity index (χ1n) is 6.79. The van der Waals surface area contributed by atoms with Gasteiger partial charge in [0.05, 0.1) is 43.4 Å². The van der Waals surface area contributed by atoms with Gasteiger partial charge in [-0.2, -0.15) is 4.31 Å². The number of aromatic nitrogens is 2. The number of H-pyrrole nitrogens is 1. The van der Waals surface area contributed by atoms with E-state index in [2.05, 4.69) is 9.97 Å². The molecule has 0 bridgehead atoms. The summed E-state index contributed by atoms with van der Waals surface area (Å²) in [7, 11) is -0.602. The Kier molecular flexibility index (Phi) is 3.79. The summed E-state index contributed by atoms with van der Waals surface area (Å²) >= 11 is 0. The zero-order chi connectivity index (χ0) is 15.7. The smallest absolute Gasteiger partial charge is 0.243 e. The van der Waals surface area contributed by atoms with E-state index in [0.29, 0.717) is 31.0 Å². The molecule has 118 valence electrons. The van der Waals surface area contributed by atoms with Crippen LogP contribution in [0.5, 0.6) is 11.5 Å². The molecule has 0 aliphatic carbocycles. The molecule has 3 rings (SSSR count). The molecule has 0 saturated heterocycles. The van der Waals surface area contributed by atoms with Gasteiger partial charge in [-0.1, -0.05) is 0 Å². The van der Waals surface area contributed by atoms with Gasteiger partial charge in [0.15, 0.2) is 11.5 Å². The molecule has 0 atom stereocenters. The van der Waals surface area contributed by atoms with E-state index in [9.17, 15) is 8.42 Å². The summed E-state index contributed by atoms with van der Waals surface area (Å²) in [5.74, 6) is 0.888. The van der Waals surface area contributed by atoms with Crippen LogP contribution >= 0.6 is 0 Å². The number of hydrogen-bond acceptors (Lipinski definition) is 5. The van der Waals surface area contributed by atoms with Crippen molar-refractivity contribution in [3.05, 3.63) is 35.9 Å². The molecule has 7 nitrogen and oxygen atoms in total. The topological polar surface area (TPSA) is 84.5 Å². The Morgan fingerprint density at radius 2 is 2.00 bits per heavy atom. The molecule has 0 saturated carbocycles. The first kappa shape index (κ1) is 14.9. The molecule has 0 radical (unpaired) electrons. The van der Waals surface area contributed by atoms with Crippen molar-refractivity contribution >= 4 is 10.0 Å². The number of benzene rings is 1. The number of aromatic amines is 1. The summed E-state index contributed by atoms with van der Waals surface area (Å²) < 4.78 is 37.3. The Labute approximate surface area is 128 Å². The maximum atomic E-state index is 12.8. The summed E-state index contributed by atoms with van der Waals surface area (Å²) in [5.41, 5.74) is 1.77. The molecule has 8 heteroatoms. The highest BCUT2D eigenvalue weighted by Gasteiger charge is 2.30. The van der Waals surface area contributed by atoms with Gasteiger partial charge in [0.2, 0.25) is 10.0 Å². The molecule has 1 aromatic carbocycles. The highest BCUT2D eigenvalue weighted by molar-refractivity contribution is 7.89. The minimum Gasteiger partial charge on any atom is -0.493 e. The van der Waals surface area contributed by atoms with Crippen LogP contribution in [0.25, 0.3) is 0 Å². The summed E-state index contributed by atoms with van der Waals surface area (Å²) in [6.45, 7) is 0.709. The van der Waals surface area contributed by atoms with E-state index in [1.54, 1.807) is 12.4 Å².